The van der Waals surface area contributed by atoms with Gasteiger partial charge >= 0.3 is 0 Å². The SMILES string of the molecule is CC1CN(C)CC1Oc1cccc(-c2cccc(C=O)c2)n1. The van der Waals surface area contributed by atoms with Gasteiger partial charge in [-0.15, -0.1) is 0 Å². The van der Waals surface area contributed by atoms with Crippen LogP contribution in [0.1, 0.15) is 17.3 Å². The van der Waals surface area contributed by atoms with E-state index in [2.05, 4.69) is 23.9 Å². The number of aldehydes is 1. The molecule has 1 fully saturated rings. The monoisotopic (exact) mass is 296 g/mol. The van der Waals surface area contributed by atoms with E-state index in [0.717, 1.165) is 30.6 Å². The Balaban J connectivity index is 1.82. The molecule has 22 heavy (non-hydrogen) atoms. The molecule has 3 rings (SSSR count). The quantitative estimate of drug-likeness (QED) is 0.814. The number of nitrogens with zero attached hydrogens (tertiary/aromatic N) is 2. The predicted octanol–water partition coefficient (Wildman–Crippen LogP) is 2.89. The zero-order valence-corrected chi connectivity index (χ0v) is 12.9. The minimum Gasteiger partial charge on any atom is -0.473 e. The number of ether oxygens (including phenoxy) is 1. The van der Waals surface area contributed by atoms with Crippen LogP contribution in [-0.2, 0) is 0 Å². The van der Waals surface area contributed by atoms with Gasteiger partial charge in [0.2, 0.25) is 5.88 Å². The third kappa shape index (κ3) is 3.17. The molecular weight excluding hydrogens is 276 g/mol. The summed E-state index contributed by atoms with van der Waals surface area (Å²) in [6.07, 6.45) is 1.02. The molecule has 2 aromatic rings. The molecule has 0 N–H and O–H groups in total. The molecule has 0 bridgehead atoms. The molecule has 1 aliphatic heterocycles. The van der Waals surface area contributed by atoms with E-state index in [-0.39, 0.29) is 6.10 Å². The highest BCUT2D eigenvalue weighted by molar-refractivity contribution is 5.78. The van der Waals surface area contributed by atoms with Gasteiger partial charge in [-0.2, -0.15) is 0 Å². The number of likely N-dealkylation sites (tertiary alicyclic amines) is 1. The van der Waals surface area contributed by atoms with Crippen LogP contribution in [0, 0.1) is 5.92 Å². The van der Waals surface area contributed by atoms with Crippen LogP contribution in [-0.4, -0.2) is 42.4 Å². The Hall–Kier alpha value is -2.20. The molecule has 114 valence electrons. The van der Waals surface area contributed by atoms with Crippen LogP contribution in [0.25, 0.3) is 11.3 Å². The number of aromatic nitrogens is 1. The molecule has 2 unspecified atom stereocenters. The Labute approximate surface area is 130 Å². The minimum absolute atomic E-state index is 0.175. The van der Waals surface area contributed by atoms with E-state index >= 15 is 0 Å². The summed E-state index contributed by atoms with van der Waals surface area (Å²) >= 11 is 0. The first-order chi connectivity index (χ1) is 10.7. The molecule has 4 heteroatoms. The Morgan fingerprint density at radius 1 is 1.23 bits per heavy atom. The van der Waals surface area contributed by atoms with Gasteiger partial charge in [0, 0.05) is 36.2 Å². The van der Waals surface area contributed by atoms with Crippen molar-refractivity contribution in [2.24, 2.45) is 5.92 Å². The van der Waals surface area contributed by atoms with Gasteiger partial charge in [0.15, 0.2) is 0 Å². The Bertz CT molecular complexity index is 672. The van der Waals surface area contributed by atoms with E-state index in [4.69, 9.17) is 4.74 Å². The molecule has 1 aromatic carbocycles. The van der Waals surface area contributed by atoms with E-state index in [1.807, 2.05) is 36.4 Å². The fourth-order valence-corrected chi connectivity index (χ4v) is 2.89. The highest BCUT2D eigenvalue weighted by Crippen LogP contribution is 2.24. The van der Waals surface area contributed by atoms with Gasteiger partial charge in [0.25, 0.3) is 0 Å². The number of hydrogen-bond acceptors (Lipinski definition) is 4. The summed E-state index contributed by atoms with van der Waals surface area (Å²) in [5.74, 6) is 1.13. The largest absolute Gasteiger partial charge is 0.473 e. The Morgan fingerprint density at radius 2 is 2.05 bits per heavy atom. The van der Waals surface area contributed by atoms with E-state index in [1.54, 1.807) is 6.07 Å². The maximum Gasteiger partial charge on any atom is 0.214 e. The fraction of sp³-hybridized carbons (Fsp3) is 0.333. The van der Waals surface area contributed by atoms with Crippen molar-refractivity contribution in [2.45, 2.75) is 13.0 Å². The summed E-state index contributed by atoms with van der Waals surface area (Å²) in [5, 5.41) is 0. The number of benzene rings is 1. The van der Waals surface area contributed by atoms with E-state index in [9.17, 15) is 4.79 Å². The highest BCUT2D eigenvalue weighted by atomic mass is 16.5. The summed E-state index contributed by atoms with van der Waals surface area (Å²) in [5.41, 5.74) is 2.39. The molecule has 1 aromatic heterocycles. The molecule has 2 heterocycles. The zero-order valence-electron chi connectivity index (χ0n) is 12.9. The van der Waals surface area contributed by atoms with Gasteiger partial charge in [0.05, 0.1) is 5.69 Å². The number of likely N-dealkylation sites (N-methyl/N-ethyl adjacent to an activating group) is 1. The second-order valence-electron chi connectivity index (χ2n) is 5.96. The van der Waals surface area contributed by atoms with Crippen molar-refractivity contribution in [3.63, 3.8) is 0 Å². The average Bonchev–Trinajstić information content (AvgIpc) is 2.85. The summed E-state index contributed by atoms with van der Waals surface area (Å²) in [6, 6.07) is 13.2. The van der Waals surface area contributed by atoms with Gasteiger partial charge < -0.3 is 9.64 Å². The van der Waals surface area contributed by atoms with E-state index in [1.165, 1.54) is 0 Å². The van der Waals surface area contributed by atoms with Crippen LogP contribution in [0.4, 0.5) is 0 Å². The molecule has 0 aliphatic carbocycles. The standard InChI is InChI=1S/C18H20N2O2/c1-13-10-20(2)11-17(13)22-18-8-4-7-16(19-18)15-6-3-5-14(9-15)12-21/h3-9,12-13,17H,10-11H2,1-2H3. The first kappa shape index (κ1) is 14.7. The molecule has 0 amide bonds. The van der Waals surface area contributed by atoms with Gasteiger partial charge in [-0.25, -0.2) is 4.98 Å². The van der Waals surface area contributed by atoms with Crippen molar-refractivity contribution < 1.29 is 9.53 Å². The topological polar surface area (TPSA) is 42.4 Å². The predicted molar refractivity (Wildman–Crippen MR) is 86.1 cm³/mol. The van der Waals surface area contributed by atoms with Crippen LogP contribution in [0.2, 0.25) is 0 Å². The van der Waals surface area contributed by atoms with Gasteiger partial charge in [0.1, 0.15) is 12.4 Å². The maximum absolute atomic E-state index is 10.9. The van der Waals surface area contributed by atoms with Crippen LogP contribution in [0.3, 0.4) is 0 Å². The number of pyridine rings is 1. The fourth-order valence-electron chi connectivity index (χ4n) is 2.89. The van der Waals surface area contributed by atoms with Crippen molar-refractivity contribution in [3.05, 3.63) is 48.0 Å². The third-order valence-corrected chi connectivity index (χ3v) is 4.04. The lowest BCUT2D eigenvalue weighted by molar-refractivity contribution is 0.112. The second kappa shape index (κ2) is 6.28. The number of rotatable bonds is 4. The average molecular weight is 296 g/mol. The van der Waals surface area contributed by atoms with Crippen molar-refractivity contribution in [2.75, 3.05) is 20.1 Å². The van der Waals surface area contributed by atoms with Crippen molar-refractivity contribution in [3.8, 4) is 17.1 Å². The zero-order chi connectivity index (χ0) is 15.5. The molecule has 1 saturated heterocycles. The summed E-state index contributed by atoms with van der Waals surface area (Å²) in [6.45, 7) is 4.17. The molecule has 0 saturated carbocycles. The molecule has 4 nitrogen and oxygen atoms in total. The van der Waals surface area contributed by atoms with Gasteiger partial charge in [-0.3, -0.25) is 4.79 Å². The number of hydrogen-bond donors (Lipinski definition) is 0. The smallest absolute Gasteiger partial charge is 0.214 e. The molecular formula is C18H20N2O2. The van der Waals surface area contributed by atoms with Crippen molar-refractivity contribution >= 4 is 6.29 Å². The highest BCUT2D eigenvalue weighted by Gasteiger charge is 2.29. The van der Waals surface area contributed by atoms with Gasteiger partial charge in [-0.05, 0) is 19.2 Å². The molecule has 2 atom stereocenters. The van der Waals surface area contributed by atoms with Crippen LogP contribution >= 0.6 is 0 Å². The first-order valence-electron chi connectivity index (χ1n) is 7.53. The normalized spacial score (nSPS) is 21.7. The molecule has 1 aliphatic rings. The minimum atomic E-state index is 0.175. The summed E-state index contributed by atoms with van der Waals surface area (Å²) in [4.78, 5) is 17.8. The second-order valence-corrected chi connectivity index (χ2v) is 5.96. The molecule has 0 spiro atoms. The number of carbonyl (C=O) groups excluding carboxylic acids is 1. The lowest BCUT2D eigenvalue weighted by Gasteiger charge is -2.16. The molecule has 0 radical (unpaired) electrons. The van der Waals surface area contributed by atoms with Crippen molar-refractivity contribution in [1.82, 2.24) is 9.88 Å². The van der Waals surface area contributed by atoms with Crippen LogP contribution < -0.4 is 4.74 Å². The summed E-state index contributed by atoms with van der Waals surface area (Å²) < 4.78 is 6.05. The summed E-state index contributed by atoms with van der Waals surface area (Å²) in [7, 11) is 2.11. The lowest BCUT2D eigenvalue weighted by atomic mass is 10.1. The van der Waals surface area contributed by atoms with Crippen LogP contribution in [0.5, 0.6) is 5.88 Å². The maximum atomic E-state index is 10.9. The van der Waals surface area contributed by atoms with E-state index in [0.29, 0.717) is 17.4 Å². The number of carbonyl (C=O) groups is 1. The van der Waals surface area contributed by atoms with Gasteiger partial charge in [-0.1, -0.05) is 31.2 Å². The first-order valence-corrected chi connectivity index (χ1v) is 7.53. The van der Waals surface area contributed by atoms with Crippen molar-refractivity contribution in [1.29, 1.82) is 0 Å². The Morgan fingerprint density at radius 3 is 2.77 bits per heavy atom. The third-order valence-electron chi connectivity index (χ3n) is 4.04. The van der Waals surface area contributed by atoms with E-state index < -0.39 is 0 Å². The lowest BCUT2D eigenvalue weighted by Crippen LogP contribution is -2.25. The Kier molecular flexibility index (Phi) is 4.20. The van der Waals surface area contributed by atoms with Crippen LogP contribution in [0.15, 0.2) is 42.5 Å².